The van der Waals surface area contributed by atoms with Crippen LogP contribution in [0.4, 0.5) is 10.7 Å². The first-order valence-corrected chi connectivity index (χ1v) is 11.8. The second-order valence-electron chi connectivity index (χ2n) is 8.01. The first-order chi connectivity index (χ1) is 17.7. The van der Waals surface area contributed by atoms with E-state index in [0.717, 1.165) is 10.4 Å². The minimum Gasteiger partial charge on any atom is -0.465 e. The fraction of sp³-hybridized carbons (Fsp3) is 0.240. The number of methoxy groups -OCH3 is 1. The lowest BCUT2D eigenvalue weighted by Gasteiger charge is -2.09. The van der Waals surface area contributed by atoms with Gasteiger partial charge in [-0.3, -0.25) is 19.7 Å². The number of carbonyl (C=O) groups is 3. The van der Waals surface area contributed by atoms with Crippen LogP contribution in [-0.2, 0) is 31.9 Å². The van der Waals surface area contributed by atoms with E-state index < -0.39 is 29.4 Å². The van der Waals surface area contributed by atoms with Crippen molar-refractivity contribution < 1.29 is 38.3 Å². The van der Waals surface area contributed by atoms with Gasteiger partial charge in [0.05, 0.1) is 24.0 Å². The van der Waals surface area contributed by atoms with E-state index in [4.69, 9.17) is 18.9 Å². The molecule has 2 aromatic carbocycles. The Bertz CT molecular complexity index is 1370. The molecule has 0 unspecified atom stereocenters. The maximum atomic E-state index is 12.6. The van der Waals surface area contributed by atoms with Gasteiger partial charge in [0.2, 0.25) is 6.79 Å². The molecule has 1 aliphatic rings. The Morgan fingerprint density at radius 3 is 2.49 bits per heavy atom. The van der Waals surface area contributed by atoms with E-state index in [2.05, 4.69) is 5.32 Å². The summed E-state index contributed by atoms with van der Waals surface area (Å²) >= 11 is 1.21. The maximum absolute atomic E-state index is 12.6. The summed E-state index contributed by atoms with van der Waals surface area (Å²) in [6.07, 6.45) is 0.236. The number of rotatable bonds is 9. The van der Waals surface area contributed by atoms with E-state index >= 15 is 0 Å². The number of amides is 1. The Morgan fingerprint density at radius 1 is 1.08 bits per heavy atom. The molecular formula is C25H22N2O9S. The third-order valence-corrected chi connectivity index (χ3v) is 6.59. The SMILES string of the molecule is COC(=O)c1c(NC(=O)COC(=O)Cc2ccc([N+](=O)[O-])cc2)sc(C)c1Cc1ccc2c(c1)OCO2. The molecule has 0 fully saturated rings. The highest BCUT2D eigenvalue weighted by Gasteiger charge is 2.25. The number of fused-ring (bicyclic) bond motifs is 1. The number of nitrogens with one attached hydrogen (secondary N) is 1. The number of nitro benzene ring substituents is 1. The number of hydrogen-bond donors (Lipinski definition) is 1. The van der Waals surface area contributed by atoms with Crippen molar-refractivity contribution in [2.45, 2.75) is 19.8 Å². The predicted molar refractivity (Wildman–Crippen MR) is 132 cm³/mol. The standard InChI is InChI=1S/C25H22N2O9S/c1-14-18(9-16-5-8-19-20(10-16)36-13-35-19)23(25(30)33-2)24(37-14)26-21(28)12-34-22(29)11-15-3-6-17(7-4-15)27(31)32/h3-8,10H,9,11-13H2,1-2H3,(H,26,28). The number of anilines is 1. The van der Waals surface area contributed by atoms with E-state index in [1.807, 2.05) is 19.1 Å². The molecule has 1 N–H and O–H groups in total. The van der Waals surface area contributed by atoms with Crippen molar-refractivity contribution in [3.8, 4) is 11.5 Å². The molecule has 1 aromatic heterocycles. The van der Waals surface area contributed by atoms with Crippen molar-refractivity contribution in [3.05, 3.63) is 79.7 Å². The molecule has 0 saturated carbocycles. The number of carbonyl (C=O) groups excluding carboxylic acids is 3. The zero-order valence-corrected chi connectivity index (χ0v) is 20.7. The van der Waals surface area contributed by atoms with Crippen molar-refractivity contribution in [3.63, 3.8) is 0 Å². The normalized spacial score (nSPS) is 11.6. The third-order valence-electron chi connectivity index (χ3n) is 5.53. The van der Waals surface area contributed by atoms with Crippen molar-refractivity contribution >= 4 is 39.9 Å². The number of ether oxygens (including phenoxy) is 4. The molecule has 11 nitrogen and oxygen atoms in total. The summed E-state index contributed by atoms with van der Waals surface area (Å²) in [5.74, 6) is -0.643. The van der Waals surface area contributed by atoms with Crippen LogP contribution in [0.2, 0.25) is 0 Å². The van der Waals surface area contributed by atoms with Gasteiger partial charge in [0, 0.05) is 17.0 Å². The van der Waals surface area contributed by atoms with E-state index in [1.54, 1.807) is 6.07 Å². The highest BCUT2D eigenvalue weighted by atomic mass is 32.1. The summed E-state index contributed by atoms with van der Waals surface area (Å²) in [4.78, 5) is 48.3. The van der Waals surface area contributed by atoms with Crippen LogP contribution < -0.4 is 14.8 Å². The van der Waals surface area contributed by atoms with Crippen LogP contribution in [0.1, 0.15) is 31.9 Å². The second-order valence-corrected chi connectivity index (χ2v) is 9.23. The largest absolute Gasteiger partial charge is 0.465 e. The molecule has 0 bridgehead atoms. The average Bonchev–Trinajstić information content (AvgIpc) is 3.46. The zero-order chi connectivity index (χ0) is 26.5. The molecule has 1 aliphatic heterocycles. The summed E-state index contributed by atoms with van der Waals surface area (Å²) in [5.41, 5.74) is 2.22. The molecule has 0 aliphatic carbocycles. The summed E-state index contributed by atoms with van der Waals surface area (Å²) in [6, 6.07) is 11.0. The lowest BCUT2D eigenvalue weighted by Crippen LogP contribution is -2.22. The molecule has 12 heteroatoms. The number of esters is 2. The lowest BCUT2D eigenvalue weighted by atomic mass is 10.0. The number of nitrogens with zero attached hydrogens (tertiary/aromatic N) is 1. The Hall–Kier alpha value is -4.45. The highest BCUT2D eigenvalue weighted by molar-refractivity contribution is 7.16. The monoisotopic (exact) mass is 526 g/mol. The Labute approximate surface area is 215 Å². The molecule has 2 heterocycles. The van der Waals surface area contributed by atoms with Crippen LogP contribution >= 0.6 is 11.3 Å². The number of benzene rings is 2. The van der Waals surface area contributed by atoms with Gasteiger partial charge >= 0.3 is 11.9 Å². The fourth-order valence-electron chi connectivity index (χ4n) is 3.71. The highest BCUT2D eigenvalue weighted by Crippen LogP contribution is 2.37. The first-order valence-electron chi connectivity index (χ1n) is 11.0. The van der Waals surface area contributed by atoms with Crippen LogP contribution in [0.5, 0.6) is 11.5 Å². The van der Waals surface area contributed by atoms with Gasteiger partial charge in [0.15, 0.2) is 18.1 Å². The summed E-state index contributed by atoms with van der Waals surface area (Å²) in [7, 11) is 1.26. The smallest absolute Gasteiger partial charge is 0.341 e. The van der Waals surface area contributed by atoms with Gasteiger partial charge in [-0.25, -0.2) is 4.79 Å². The van der Waals surface area contributed by atoms with Crippen molar-refractivity contribution in [2.24, 2.45) is 0 Å². The van der Waals surface area contributed by atoms with Gasteiger partial charge in [-0.1, -0.05) is 18.2 Å². The Kier molecular flexibility index (Phi) is 7.68. The summed E-state index contributed by atoms with van der Waals surface area (Å²) in [6.45, 7) is 1.42. The van der Waals surface area contributed by atoms with Crippen LogP contribution in [0, 0.1) is 17.0 Å². The molecule has 192 valence electrons. The molecule has 0 atom stereocenters. The van der Waals surface area contributed by atoms with Crippen LogP contribution in [-0.4, -0.2) is 43.3 Å². The second kappa shape index (κ2) is 11.1. The summed E-state index contributed by atoms with van der Waals surface area (Å²) < 4.78 is 20.8. The van der Waals surface area contributed by atoms with Crippen molar-refractivity contribution in [2.75, 3.05) is 25.8 Å². The third kappa shape index (κ3) is 6.04. The van der Waals surface area contributed by atoms with Crippen LogP contribution in [0.3, 0.4) is 0 Å². The van der Waals surface area contributed by atoms with E-state index in [9.17, 15) is 24.5 Å². The minimum atomic E-state index is -0.678. The Morgan fingerprint density at radius 2 is 1.78 bits per heavy atom. The van der Waals surface area contributed by atoms with E-state index in [0.29, 0.717) is 29.0 Å². The molecule has 1 amide bonds. The Balaban J connectivity index is 1.41. The zero-order valence-electron chi connectivity index (χ0n) is 19.9. The molecule has 0 radical (unpaired) electrons. The molecule has 3 aromatic rings. The minimum absolute atomic E-state index is 0.0953. The average molecular weight is 527 g/mol. The number of nitro groups is 1. The number of aryl methyl sites for hydroxylation is 1. The quantitative estimate of drug-likeness (QED) is 0.250. The molecule has 0 spiro atoms. The van der Waals surface area contributed by atoms with E-state index in [1.165, 1.54) is 42.7 Å². The van der Waals surface area contributed by atoms with Crippen molar-refractivity contribution in [1.29, 1.82) is 0 Å². The van der Waals surface area contributed by atoms with Gasteiger partial charge < -0.3 is 24.3 Å². The van der Waals surface area contributed by atoms with Crippen LogP contribution in [0.15, 0.2) is 42.5 Å². The number of thiophene rings is 1. The molecular weight excluding hydrogens is 504 g/mol. The topological polar surface area (TPSA) is 143 Å². The molecule has 0 saturated heterocycles. The molecule has 4 rings (SSSR count). The first kappa shape index (κ1) is 25.6. The predicted octanol–water partition coefficient (Wildman–Crippen LogP) is 3.80. The van der Waals surface area contributed by atoms with Crippen molar-refractivity contribution in [1.82, 2.24) is 0 Å². The maximum Gasteiger partial charge on any atom is 0.341 e. The van der Waals surface area contributed by atoms with E-state index in [-0.39, 0.29) is 29.5 Å². The van der Waals surface area contributed by atoms with Gasteiger partial charge in [-0.15, -0.1) is 11.3 Å². The van der Waals surface area contributed by atoms with Gasteiger partial charge in [0.1, 0.15) is 5.00 Å². The number of non-ortho nitro benzene ring substituents is 1. The molecule has 37 heavy (non-hydrogen) atoms. The van der Waals surface area contributed by atoms with Gasteiger partial charge in [0.25, 0.3) is 11.6 Å². The number of hydrogen-bond acceptors (Lipinski definition) is 10. The van der Waals surface area contributed by atoms with Gasteiger partial charge in [-0.05, 0) is 42.2 Å². The van der Waals surface area contributed by atoms with Gasteiger partial charge in [-0.2, -0.15) is 0 Å². The fourth-order valence-corrected chi connectivity index (χ4v) is 4.79. The van der Waals surface area contributed by atoms with Crippen LogP contribution in [0.25, 0.3) is 0 Å². The summed E-state index contributed by atoms with van der Waals surface area (Å²) in [5, 5.41) is 13.7. The lowest BCUT2D eigenvalue weighted by molar-refractivity contribution is -0.384.